The standard InChI is InChI=1S/C14H12ClN3/c15-13-8-4-10-17-14(13)18(11-5-9-16)12-6-2-1-3-7-12/h1-4,6-8,10H,5,11H2. The van der Waals surface area contributed by atoms with E-state index in [1.165, 1.54) is 0 Å². The highest BCUT2D eigenvalue weighted by Gasteiger charge is 2.12. The van der Waals surface area contributed by atoms with Gasteiger partial charge in [-0.2, -0.15) is 5.26 Å². The van der Waals surface area contributed by atoms with Gasteiger partial charge in [0, 0.05) is 18.4 Å². The minimum atomic E-state index is 0.418. The molecule has 1 heterocycles. The average Bonchev–Trinajstić information content (AvgIpc) is 2.42. The van der Waals surface area contributed by atoms with Crippen LogP contribution in [0, 0.1) is 11.3 Å². The molecule has 0 atom stereocenters. The summed E-state index contributed by atoms with van der Waals surface area (Å²) in [5, 5.41) is 9.33. The monoisotopic (exact) mass is 257 g/mol. The third-order valence-electron chi connectivity index (χ3n) is 2.51. The van der Waals surface area contributed by atoms with Gasteiger partial charge in [-0.15, -0.1) is 0 Å². The van der Waals surface area contributed by atoms with Crippen LogP contribution >= 0.6 is 11.6 Å². The molecule has 0 bridgehead atoms. The van der Waals surface area contributed by atoms with E-state index < -0.39 is 0 Å². The molecular formula is C14H12ClN3. The maximum atomic E-state index is 8.75. The SMILES string of the molecule is N#CCCN(c1ccccc1)c1ncccc1Cl. The summed E-state index contributed by atoms with van der Waals surface area (Å²) in [5.41, 5.74) is 0.980. The molecule has 3 nitrogen and oxygen atoms in total. The minimum absolute atomic E-state index is 0.418. The van der Waals surface area contributed by atoms with Gasteiger partial charge >= 0.3 is 0 Å². The number of pyridine rings is 1. The lowest BCUT2D eigenvalue weighted by molar-refractivity contribution is 0.927. The Kier molecular flexibility index (Phi) is 4.16. The van der Waals surface area contributed by atoms with Crippen LogP contribution < -0.4 is 4.90 Å². The van der Waals surface area contributed by atoms with Crippen molar-refractivity contribution in [1.29, 1.82) is 5.26 Å². The molecule has 2 rings (SSSR count). The summed E-state index contributed by atoms with van der Waals surface area (Å²) in [6, 6.07) is 15.5. The molecule has 0 aliphatic rings. The zero-order valence-electron chi connectivity index (χ0n) is 9.75. The fraction of sp³-hybridized carbons (Fsp3) is 0.143. The Hall–Kier alpha value is -2.05. The predicted molar refractivity (Wildman–Crippen MR) is 72.9 cm³/mol. The second-order valence-corrected chi connectivity index (χ2v) is 4.11. The van der Waals surface area contributed by atoms with Crippen LogP contribution in [0.15, 0.2) is 48.7 Å². The quantitative estimate of drug-likeness (QED) is 0.837. The van der Waals surface area contributed by atoms with E-state index in [1.54, 1.807) is 18.3 Å². The summed E-state index contributed by atoms with van der Waals surface area (Å²) in [4.78, 5) is 6.24. The molecule has 4 heteroatoms. The minimum Gasteiger partial charge on any atom is -0.324 e. The molecule has 90 valence electrons. The summed E-state index contributed by atoms with van der Waals surface area (Å²) in [6.07, 6.45) is 2.12. The van der Waals surface area contributed by atoms with Gasteiger partial charge < -0.3 is 4.90 Å². The molecule has 1 aromatic heterocycles. The van der Waals surface area contributed by atoms with Gasteiger partial charge in [0.2, 0.25) is 0 Å². The van der Waals surface area contributed by atoms with E-state index in [2.05, 4.69) is 11.1 Å². The van der Waals surface area contributed by atoms with Crippen LogP contribution in [0.25, 0.3) is 0 Å². The summed E-state index contributed by atoms with van der Waals surface area (Å²) in [5.74, 6) is 0.681. The summed E-state index contributed by atoms with van der Waals surface area (Å²) in [7, 11) is 0. The lowest BCUT2D eigenvalue weighted by Gasteiger charge is -2.23. The lowest BCUT2D eigenvalue weighted by Crippen LogP contribution is -2.19. The molecule has 0 aliphatic carbocycles. The molecule has 0 unspecified atom stereocenters. The van der Waals surface area contributed by atoms with Crippen LogP contribution in [0.5, 0.6) is 0 Å². The van der Waals surface area contributed by atoms with E-state index in [4.69, 9.17) is 16.9 Å². The van der Waals surface area contributed by atoms with Gasteiger partial charge in [0.25, 0.3) is 0 Å². The topological polar surface area (TPSA) is 39.9 Å². The van der Waals surface area contributed by atoms with Crippen molar-refractivity contribution >= 4 is 23.1 Å². The molecule has 0 aliphatic heterocycles. The van der Waals surface area contributed by atoms with Crippen molar-refractivity contribution in [3.63, 3.8) is 0 Å². The van der Waals surface area contributed by atoms with Crippen molar-refractivity contribution in [3.8, 4) is 6.07 Å². The van der Waals surface area contributed by atoms with Gasteiger partial charge in [0.1, 0.15) is 0 Å². The van der Waals surface area contributed by atoms with Crippen molar-refractivity contribution in [2.45, 2.75) is 6.42 Å². The van der Waals surface area contributed by atoms with Gasteiger partial charge in [-0.3, -0.25) is 0 Å². The normalized spacial score (nSPS) is 9.78. The molecule has 2 aromatic rings. The van der Waals surface area contributed by atoms with Crippen LogP contribution in [0.4, 0.5) is 11.5 Å². The first-order chi connectivity index (χ1) is 8.83. The fourth-order valence-corrected chi connectivity index (χ4v) is 1.93. The molecule has 0 fully saturated rings. The Labute approximate surface area is 111 Å². The van der Waals surface area contributed by atoms with Gasteiger partial charge in [0.15, 0.2) is 5.82 Å². The van der Waals surface area contributed by atoms with Crippen LogP contribution in [0.1, 0.15) is 6.42 Å². The number of para-hydroxylation sites is 1. The number of aromatic nitrogens is 1. The van der Waals surface area contributed by atoms with Gasteiger partial charge in [-0.05, 0) is 24.3 Å². The van der Waals surface area contributed by atoms with Crippen molar-refractivity contribution in [1.82, 2.24) is 4.98 Å². The Morgan fingerprint density at radius 2 is 1.94 bits per heavy atom. The third-order valence-corrected chi connectivity index (χ3v) is 2.80. The number of anilines is 2. The number of nitrogens with zero attached hydrogens (tertiary/aromatic N) is 3. The molecule has 1 aromatic carbocycles. The zero-order valence-corrected chi connectivity index (χ0v) is 10.5. The molecule has 0 spiro atoms. The largest absolute Gasteiger partial charge is 0.324 e. The predicted octanol–water partition coefficient (Wildman–Crippen LogP) is 3.79. The summed E-state index contributed by atoms with van der Waals surface area (Å²) >= 11 is 6.16. The van der Waals surface area contributed by atoms with E-state index in [0.29, 0.717) is 23.8 Å². The summed E-state index contributed by atoms with van der Waals surface area (Å²) < 4.78 is 0. The van der Waals surface area contributed by atoms with E-state index in [9.17, 15) is 0 Å². The highest BCUT2D eigenvalue weighted by molar-refractivity contribution is 6.33. The number of halogens is 1. The van der Waals surface area contributed by atoms with Crippen molar-refractivity contribution < 1.29 is 0 Å². The number of nitriles is 1. The number of hydrogen-bond acceptors (Lipinski definition) is 3. The van der Waals surface area contributed by atoms with Crippen molar-refractivity contribution in [2.24, 2.45) is 0 Å². The third kappa shape index (κ3) is 2.79. The number of rotatable bonds is 4. The molecule has 0 radical (unpaired) electrons. The first-order valence-electron chi connectivity index (χ1n) is 5.63. The number of benzene rings is 1. The van der Waals surface area contributed by atoms with E-state index in [0.717, 1.165) is 5.69 Å². The molecule has 18 heavy (non-hydrogen) atoms. The smallest absolute Gasteiger partial charge is 0.151 e. The van der Waals surface area contributed by atoms with Gasteiger partial charge in [-0.1, -0.05) is 29.8 Å². The van der Waals surface area contributed by atoms with E-state index >= 15 is 0 Å². The average molecular weight is 258 g/mol. The molecule has 0 amide bonds. The molecule has 0 saturated heterocycles. The van der Waals surface area contributed by atoms with Crippen LogP contribution in [-0.4, -0.2) is 11.5 Å². The highest BCUT2D eigenvalue weighted by Crippen LogP contribution is 2.29. The molecule has 0 N–H and O–H groups in total. The lowest BCUT2D eigenvalue weighted by atomic mass is 10.2. The second-order valence-electron chi connectivity index (χ2n) is 3.70. The van der Waals surface area contributed by atoms with E-state index in [1.807, 2.05) is 35.2 Å². The Balaban J connectivity index is 2.38. The summed E-state index contributed by atoms with van der Waals surface area (Å²) in [6.45, 7) is 0.567. The van der Waals surface area contributed by atoms with Crippen LogP contribution in [-0.2, 0) is 0 Å². The highest BCUT2D eigenvalue weighted by atomic mass is 35.5. The van der Waals surface area contributed by atoms with Crippen LogP contribution in [0.2, 0.25) is 5.02 Å². The maximum absolute atomic E-state index is 8.75. The van der Waals surface area contributed by atoms with Crippen molar-refractivity contribution in [2.75, 3.05) is 11.4 Å². The maximum Gasteiger partial charge on any atom is 0.151 e. The first kappa shape index (κ1) is 12.4. The first-order valence-corrected chi connectivity index (χ1v) is 6.01. The van der Waals surface area contributed by atoms with Gasteiger partial charge in [-0.25, -0.2) is 4.98 Å². The van der Waals surface area contributed by atoms with Gasteiger partial charge in [0.05, 0.1) is 17.5 Å². The Bertz CT molecular complexity index is 548. The Morgan fingerprint density at radius 3 is 2.61 bits per heavy atom. The zero-order chi connectivity index (χ0) is 12.8. The molecular weight excluding hydrogens is 246 g/mol. The second kappa shape index (κ2) is 6.04. The fourth-order valence-electron chi connectivity index (χ4n) is 1.70. The molecule has 0 saturated carbocycles. The number of hydrogen-bond donors (Lipinski definition) is 0. The Morgan fingerprint density at radius 1 is 1.17 bits per heavy atom. The van der Waals surface area contributed by atoms with Crippen LogP contribution in [0.3, 0.4) is 0 Å². The van der Waals surface area contributed by atoms with Crippen molar-refractivity contribution in [3.05, 3.63) is 53.7 Å². The van der Waals surface area contributed by atoms with E-state index in [-0.39, 0.29) is 0 Å².